The molecule has 0 radical (unpaired) electrons. The van der Waals surface area contributed by atoms with E-state index in [2.05, 4.69) is 0 Å². The quantitative estimate of drug-likeness (QED) is 0.695. The molecule has 140 valence electrons. The molecule has 0 fully saturated rings. The first kappa shape index (κ1) is 21.2. The second-order valence-electron chi connectivity index (χ2n) is 5.18. The molecule has 2 rings (SSSR count). The highest BCUT2D eigenvalue weighted by atomic mass is 35.5. The number of rotatable bonds is 4. The standard InChI is InChI=1S/C17H10Cl4N2O4/c18-8-1-3-10(12(20)5-8)16(26)22-14(24)7-15(25)23-17(27)11-4-2-9(19)6-13(11)21/h1-6H,7H2,(H,22,24,26)(H,23,25,27). The molecule has 4 amide bonds. The van der Waals surface area contributed by atoms with E-state index in [1.807, 2.05) is 10.6 Å². The number of hydrogen-bond acceptors (Lipinski definition) is 4. The van der Waals surface area contributed by atoms with Gasteiger partial charge in [-0.2, -0.15) is 0 Å². The van der Waals surface area contributed by atoms with Crippen molar-refractivity contribution in [1.82, 2.24) is 10.6 Å². The molecule has 2 aromatic rings. The van der Waals surface area contributed by atoms with Crippen molar-refractivity contribution in [2.24, 2.45) is 0 Å². The van der Waals surface area contributed by atoms with Gasteiger partial charge in [-0.15, -0.1) is 0 Å². The number of imide groups is 2. The minimum Gasteiger partial charge on any atom is -0.292 e. The van der Waals surface area contributed by atoms with E-state index in [1.54, 1.807) is 0 Å². The van der Waals surface area contributed by atoms with Crippen molar-refractivity contribution in [3.05, 3.63) is 67.6 Å². The summed E-state index contributed by atoms with van der Waals surface area (Å²) in [6.07, 6.45) is -0.756. The topological polar surface area (TPSA) is 92.3 Å². The number of halogens is 4. The molecule has 0 spiro atoms. The Morgan fingerprint density at radius 2 is 1.04 bits per heavy atom. The van der Waals surface area contributed by atoms with Gasteiger partial charge in [0.25, 0.3) is 11.8 Å². The Morgan fingerprint density at radius 3 is 1.37 bits per heavy atom. The number of hydrogen-bond donors (Lipinski definition) is 2. The van der Waals surface area contributed by atoms with Gasteiger partial charge < -0.3 is 0 Å². The highest BCUT2D eigenvalue weighted by Gasteiger charge is 2.19. The lowest BCUT2D eigenvalue weighted by Crippen LogP contribution is -2.37. The summed E-state index contributed by atoms with van der Waals surface area (Å²) in [5, 5.41) is 4.73. The van der Waals surface area contributed by atoms with Crippen LogP contribution < -0.4 is 10.6 Å². The lowest BCUT2D eigenvalue weighted by molar-refractivity contribution is -0.128. The second kappa shape index (κ2) is 9.19. The van der Waals surface area contributed by atoms with E-state index in [-0.39, 0.29) is 21.2 Å². The van der Waals surface area contributed by atoms with Gasteiger partial charge in [-0.3, -0.25) is 29.8 Å². The maximum atomic E-state index is 12.0. The summed E-state index contributed by atoms with van der Waals surface area (Å²) in [6.45, 7) is 0. The van der Waals surface area contributed by atoms with E-state index in [1.165, 1.54) is 36.4 Å². The summed E-state index contributed by atoms with van der Waals surface area (Å²) in [5.41, 5.74) is 0.0256. The van der Waals surface area contributed by atoms with Crippen LogP contribution in [0.4, 0.5) is 0 Å². The predicted molar refractivity (Wildman–Crippen MR) is 102 cm³/mol. The average Bonchev–Trinajstić information content (AvgIpc) is 2.53. The number of nitrogens with one attached hydrogen (secondary N) is 2. The van der Waals surface area contributed by atoms with Crippen LogP contribution in [-0.2, 0) is 9.59 Å². The molecule has 0 bridgehead atoms. The fourth-order valence-corrected chi connectivity index (χ4v) is 2.96. The molecule has 0 aliphatic rings. The fourth-order valence-electron chi connectivity index (χ4n) is 1.97. The zero-order chi connectivity index (χ0) is 20.1. The monoisotopic (exact) mass is 446 g/mol. The van der Waals surface area contributed by atoms with Crippen molar-refractivity contribution >= 4 is 70.0 Å². The van der Waals surface area contributed by atoms with Gasteiger partial charge in [-0.05, 0) is 36.4 Å². The van der Waals surface area contributed by atoms with Crippen LogP contribution in [0, 0.1) is 0 Å². The van der Waals surface area contributed by atoms with E-state index >= 15 is 0 Å². The van der Waals surface area contributed by atoms with Crippen molar-refractivity contribution in [2.75, 3.05) is 0 Å². The Hall–Kier alpha value is -2.12. The first-order valence-electron chi connectivity index (χ1n) is 7.26. The lowest BCUT2D eigenvalue weighted by atomic mass is 10.2. The molecule has 6 nitrogen and oxygen atoms in total. The molecule has 0 heterocycles. The summed E-state index contributed by atoms with van der Waals surface area (Å²) < 4.78 is 0. The van der Waals surface area contributed by atoms with Crippen LogP contribution in [0.2, 0.25) is 20.1 Å². The lowest BCUT2D eigenvalue weighted by Gasteiger charge is -2.07. The third-order valence-electron chi connectivity index (χ3n) is 3.18. The minimum absolute atomic E-state index is 0.0128. The molecular formula is C17H10Cl4N2O4. The largest absolute Gasteiger partial charge is 0.292 e. The summed E-state index contributed by atoms with van der Waals surface area (Å²) in [5.74, 6) is -3.44. The molecule has 0 aliphatic carbocycles. The Morgan fingerprint density at radius 1 is 0.667 bits per heavy atom. The molecule has 27 heavy (non-hydrogen) atoms. The summed E-state index contributed by atoms with van der Waals surface area (Å²) in [7, 11) is 0. The van der Waals surface area contributed by atoms with Gasteiger partial charge in [0, 0.05) is 10.0 Å². The van der Waals surface area contributed by atoms with Gasteiger partial charge in [-0.25, -0.2) is 0 Å². The normalized spacial score (nSPS) is 10.2. The van der Waals surface area contributed by atoms with Crippen molar-refractivity contribution in [2.45, 2.75) is 6.42 Å². The van der Waals surface area contributed by atoms with E-state index in [4.69, 9.17) is 46.4 Å². The van der Waals surface area contributed by atoms with Gasteiger partial charge in [0.1, 0.15) is 6.42 Å². The van der Waals surface area contributed by atoms with Crippen LogP contribution in [0.25, 0.3) is 0 Å². The highest BCUT2D eigenvalue weighted by Crippen LogP contribution is 2.21. The smallest absolute Gasteiger partial charge is 0.259 e. The molecule has 0 aliphatic heterocycles. The van der Waals surface area contributed by atoms with Gasteiger partial charge in [0.2, 0.25) is 11.8 Å². The van der Waals surface area contributed by atoms with Gasteiger partial charge in [0.15, 0.2) is 0 Å². The van der Waals surface area contributed by atoms with Gasteiger partial charge >= 0.3 is 0 Å². The van der Waals surface area contributed by atoms with E-state index < -0.39 is 30.0 Å². The highest BCUT2D eigenvalue weighted by molar-refractivity contribution is 6.37. The molecule has 0 saturated heterocycles. The van der Waals surface area contributed by atoms with Crippen LogP contribution in [0.3, 0.4) is 0 Å². The minimum atomic E-state index is -0.918. The number of benzene rings is 2. The Labute approximate surface area is 173 Å². The van der Waals surface area contributed by atoms with E-state index in [0.717, 1.165) is 0 Å². The first-order chi connectivity index (χ1) is 12.7. The molecule has 2 N–H and O–H groups in total. The Balaban J connectivity index is 1.94. The maximum absolute atomic E-state index is 12.0. The van der Waals surface area contributed by atoms with Crippen LogP contribution >= 0.6 is 46.4 Å². The maximum Gasteiger partial charge on any atom is 0.259 e. The molecule has 2 aromatic carbocycles. The molecule has 10 heteroatoms. The molecule has 0 saturated carbocycles. The average molecular weight is 448 g/mol. The molecular weight excluding hydrogens is 438 g/mol. The van der Waals surface area contributed by atoms with Crippen LogP contribution in [0.15, 0.2) is 36.4 Å². The number of amides is 4. The number of carbonyl (C=O) groups is 4. The van der Waals surface area contributed by atoms with Crippen molar-refractivity contribution in [3.8, 4) is 0 Å². The van der Waals surface area contributed by atoms with Crippen molar-refractivity contribution in [1.29, 1.82) is 0 Å². The summed E-state index contributed by atoms with van der Waals surface area (Å²) in [4.78, 5) is 47.7. The van der Waals surface area contributed by atoms with Crippen molar-refractivity contribution in [3.63, 3.8) is 0 Å². The second-order valence-corrected chi connectivity index (χ2v) is 6.87. The van der Waals surface area contributed by atoms with Crippen molar-refractivity contribution < 1.29 is 19.2 Å². The SMILES string of the molecule is O=C(CC(=O)NC(=O)c1ccc(Cl)cc1Cl)NC(=O)c1ccc(Cl)cc1Cl. The molecule has 0 unspecified atom stereocenters. The zero-order valence-corrected chi connectivity index (χ0v) is 16.3. The van der Waals surface area contributed by atoms with Crippen LogP contribution in [-0.4, -0.2) is 23.6 Å². The fraction of sp³-hybridized carbons (Fsp3) is 0.0588. The Kier molecular flexibility index (Phi) is 7.21. The van der Waals surface area contributed by atoms with Gasteiger partial charge in [-0.1, -0.05) is 46.4 Å². The number of carbonyl (C=O) groups excluding carboxylic acids is 4. The summed E-state index contributed by atoms with van der Waals surface area (Å²) in [6, 6.07) is 8.19. The van der Waals surface area contributed by atoms with E-state index in [0.29, 0.717) is 10.0 Å². The van der Waals surface area contributed by atoms with Crippen LogP contribution in [0.1, 0.15) is 27.1 Å². The third-order valence-corrected chi connectivity index (χ3v) is 4.27. The molecule has 0 atom stereocenters. The first-order valence-corrected chi connectivity index (χ1v) is 8.77. The summed E-state index contributed by atoms with van der Waals surface area (Å²) >= 11 is 23.2. The Bertz CT molecular complexity index is 871. The van der Waals surface area contributed by atoms with Crippen LogP contribution in [0.5, 0.6) is 0 Å². The zero-order valence-electron chi connectivity index (χ0n) is 13.3. The van der Waals surface area contributed by atoms with Gasteiger partial charge in [0.05, 0.1) is 21.2 Å². The predicted octanol–water partition coefficient (Wildman–Crippen LogP) is 3.90. The van der Waals surface area contributed by atoms with E-state index in [9.17, 15) is 19.2 Å². The molecule has 0 aromatic heterocycles. The third kappa shape index (κ3) is 5.94.